The lowest BCUT2D eigenvalue weighted by atomic mass is 9.89. The van der Waals surface area contributed by atoms with Crippen molar-refractivity contribution in [3.8, 4) is 5.75 Å². The summed E-state index contributed by atoms with van der Waals surface area (Å²) >= 11 is 5.74. The molecule has 0 spiro atoms. The van der Waals surface area contributed by atoms with Crippen molar-refractivity contribution in [2.24, 2.45) is 0 Å². The van der Waals surface area contributed by atoms with Gasteiger partial charge in [0.05, 0.1) is 11.6 Å². The number of hydrogen-bond acceptors (Lipinski definition) is 2. The molecule has 1 amide bonds. The first-order valence-electron chi connectivity index (χ1n) is 7.81. The van der Waals surface area contributed by atoms with Gasteiger partial charge in [0.25, 0.3) is 5.91 Å². The Balaban J connectivity index is 1.90. The number of fused-ring (bicyclic) bond motifs is 1. The van der Waals surface area contributed by atoms with Gasteiger partial charge >= 0.3 is 0 Å². The van der Waals surface area contributed by atoms with E-state index >= 15 is 0 Å². The van der Waals surface area contributed by atoms with E-state index in [0.29, 0.717) is 6.42 Å². The summed E-state index contributed by atoms with van der Waals surface area (Å²) in [4.78, 5) is 12.5. The lowest BCUT2D eigenvalue weighted by molar-refractivity contribution is 0.0618. The number of aryl methyl sites for hydroxylation is 1. The number of nitrogens with one attached hydrogen (secondary N) is 1. The summed E-state index contributed by atoms with van der Waals surface area (Å²) in [6, 6.07) is 9.68. The van der Waals surface area contributed by atoms with E-state index in [-0.39, 0.29) is 16.6 Å². The molecule has 3 nitrogen and oxygen atoms in total. The van der Waals surface area contributed by atoms with Gasteiger partial charge in [-0.25, -0.2) is 4.39 Å². The number of amides is 1. The first kappa shape index (κ1) is 16.8. The van der Waals surface area contributed by atoms with Crippen LogP contribution < -0.4 is 10.1 Å². The molecule has 1 heterocycles. The second kappa shape index (κ2) is 6.10. The van der Waals surface area contributed by atoms with Crippen molar-refractivity contribution in [1.29, 1.82) is 0 Å². The maximum Gasteiger partial charge on any atom is 0.254 e. The molecule has 1 aliphatic heterocycles. The van der Waals surface area contributed by atoms with Crippen molar-refractivity contribution in [2.75, 3.05) is 0 Å². The normalized spacial score (nSPS) is 18.5. The monoisotopic (exact) mass is 347 g/mol. The van der Waals surface area contributed by atoms with Gasteiger partial charge in [-0.1, -0.05) is 23.7 Å². The molecule has 0 radical (unpaired) electrons. The molecule has 3 rings (SSSR count). The van der Waals surface area contributed by atoms with Crippen molar-refractivity contribution < 1.29 is 13.9 Å². The van der Waals surface area contributed by atoms with Crippen LogP contribution in [0.4, 0.5) is 4.39 Å². The Hall–Kier alpha value is -2.07. The Morgan fingerprint density at radius 1 is 1.29 bits per heavy atom. The second-order valence-electron chi connectivity index (χ2n) is 6.76. The molecule has 0 bridgehead atoms. The molecule has 126 valence electrons. The molecule has 0 aliphatic carbocycles. The highest BCUT2D eigenvalue weighted by atomic mass is 35.5. The molecular weight excluding hydrogens is 329 g/mol. The summed E-state index contributed by atoms with van der Waals surface area (Å²) in [5.74, 6) is -0.332. The van der Waals surface area contributed by atoms with Crippen LogP contribution in [0.15, 0.2) is 36.4 Å². The smallest absolute Gasteiger partial charge is 0.254 e. The summed E-state index contributed by atoms with van der Waals surface area (Å²) in [6.45, 7) is 5.93. The fraction of sp³-hybridized carbons (Fsp3) is 0.316. The van der Waals surface area contributed by atoms with E-state index in [4.69, 9.17) is 16.3 Å². The molecule has 0 saturated carbocycles. The topological polar surface area (TPSA) is 38.3 Å². The van der Waals surface area contributed by atoms with E-state index in [0.717, 1.165) is 22.9 Å². The van der Waals surface area contributed by atoms with Crippen molar-refractivity contribution in [3.63, 3.8) is 0 Å². The molecule has 2 aromatic carbocycles. The van der Waals surface area contributed by atoms with E-state index in [1.54, 1.807) is 0 Å². The summed E-state index contributed by atoms with van der Waals surface area (Å²) < 4.78 is 20.0. The maximum absolute atomic E-state index is 14.0. The molecule has 24 heavy (non-hydrogen) atoms. The first-order valence-corrected chi connectivity index (χ1v) is 8.18. The zero-order valence-electron chi connectivity index (χ0n) is 13.8. The molecule has 1 aliphatic rings. The van der Waals surface area contributed by atoms with Crippen LogP contribution in [0.25, 0.3) is 0 Å². The highest BCUT2D eigenvalue weighted by molar-refractivity contribution is 6.30. The number of halogens is 2. The second-order valence-corrected chi connectivity index (χ2v) is 7.19. The minimum absolute atomic E-state index is 0.0163. The molecule has 1 atom stereocenters. The molecule has 5 heteroatoms. The predicted octanol–water partition coefficient (Wildman–Crippen LogP) is 4.82. The van der Waals surface area contributed by atoms with Gasteiger partial charge < -0.3 is 10.1 Å². The van der Waals surface area contributed by atoms with E-state index in [1.807, 2.05) is 39.0 Å². The zero-order valence-corrected chi connectivity index (χ0v) is 14.6. The minimum Gasteiger partial charge on any atom is -0.487 e. The van der Waals surface area contributed by atoms with Gasteiger partial charge in [0.1, 0.15) is 17.2 Å². The van der Waals surface area contributed by atoms with Crippen LogP contribution in [-0.2, 0) is 0 Å². The molecule has 0 saturated heterocycles. The van der Waals surface area contributed by atoms with Gasteiger partial charge in [-0.05, 0) is 50.6 Å². The van der Waals surface area contributed by atoms with E-state index < -0.39 is 17.3 Å². The molecule has 1 N–H and O–H groups in total. The van der Waals surface area contributed by atoms with Crippen molar-refractivity contribution >= 4 is 17.5 Å². The first-order chi connectivity index (χ1) is 11.2. The predicted molar refractivity (Wildman–Crippen MR) is 92.1 cm³/mol. The van der Waals surface area contributed by atoms with Crippen LogP contribution in [0.1, 0.15) is 47.8 Å². The van der Waals surface area contributed by atoms with Gasteiger partial charge in [0.2, 0.25) is 0 Å². The van der Waals surface area contributed by atoms with Crippen molar-refractivity contribution in [3.05, 3.63) is 63.9 Å². The zero-order chi connectivity index (χ0) is 17.5. The summed E-state index contributed by atoms with van der Waals surface area (Å²) in [6.07, 6.45) is 0.601. The molecule has 2 aromatic rings. The highest BCUT2D eigenvalue weighted by Gasteiger charge is 2.34. The van der Waals surface area contributed by atoms with Gasteiger partial charge in [-0.15, -0.1) is 0 Å². The molecular formula is C19H19ClFNO2. The van der Waals surface area contributed by atoms with Gasteiger partial charge in [0.15, 0.2) is 0 Å². The third kappa shape index (κ3) is 3.39. The van der Waals surface area contributed by atoms with Gasteiger partial charge in [-0.3, -0.25) is 4.79 Å². The average Bonchev–Trinajstić information content (AvgIpc) is 2.45. The summed E-state index contributed by atoms with van der Waals surface area (Å²) in [7, 11) is 0. The van der Waals surface area contributed by atoms with Gasteiger partial charge in [-0.2, -0.15) is 0 Å². The quantitative estimate of drug-likeness (QED) is 0.845. The fourth-order valence-corrected chi connectivity index (χ4v) is 3.16. The van der Waals surface area contributed by atoms with Crippen molar-refractivity contribution in [2.45, 2.75) is 38.8 Å². The minimum atomic E-state index is -0.629. The Morgan fingerprint density at radius 3 is 2.75 bits per heavy atom. The number of rotatable bonds is 2. The number of carbonyl (C=O) groups is 1. The SMILES string of the molecule is Cc1ccc2c(c1)OC(C)(C)CC2NC(=O)c1ccc(Cl)cc1F. The van der Waals surface area contributed by atoms with Crippen LogP contribution in [0.2, 0.25) is 5.02 Å². The Morgan fingerprint density at radius 2 is 2.04 bits per heavy atom. The molecule has 1 unspecified atom stereocenters. The third-order valence-electron chi connectivity index (χ3n) is 4.11. The molecule has 0 fully saturated rings. The number of hydrogen-bond donors (Lipinski definition) is 1. The average molecular weight is 348 g/mol. The van der Waals surface area contributed by atoms with Crippen LogP contribution >= 0.6 is 11.6 Å². The van der Waals surface area contributed by atoms with Crippen LogP contribution in [0.3, 0.4) is 0 Å². The summed E-state index contributed by atoms with van der Waals surface area (Å²) in [5, 5.41) is 3.19. The summed E-state index contributed by atoms with van der Waals surface area (Å²) in [5.41, 5.74) is 1.55. The van der Waals surface area contributed by atoms with E-state index in [9.17, 15) is 9.18 Å². The molecule has 0 aromatic heterocycles. The standard InChI is InChI=1S/C19H19ClFNO2/c1-11-4-6-14-16(10-19(2,3)24-17(14)8-11)22-18(23)13-7-5-12(20)9-15(13)21/h4-9,16H,10H2,1-3H3,(H,22,23). The Kier molecular flexibility index (Phi) is 4.26. The Bertz CT molecular complexity index is 804. The highest BCUT2D eigenvalue weighted by Crippen LogP contribution is 2.40. The third-order valence-corrected chi connectivity index (χ3v) is 4.34. The Labute approximate surface area is 145 Å². The lowest BCUT2D eigenvalue weighted by Crippen LogP contribution is -2.41. The number of carbonyl (C=O) groups excluding carboxylic acids is 1. The van der Waals surface area contributed by atoms with Gasteiger partial charge in [0, 0.05) is 17.0 Å². The number of ether oxygens (including phenoxy) is 1. The van der Waals surface area contributed by atoms with Crippen molar-refractivity contribution in [1.82, 2.24) is 5.32 Å². The number of benzene rings is 2. The maximum atomic E-state index is 14.0. The van der Waals surface area contributed by atoms with Crippen LogP contribution in [0.5, 0.6) is 5.75 Å². The van der Waals surface area contributed by atoms with Crippen LogP contribution in [-0.4, -0.2) is 11.5 Å². The van der Waals surface area contributed by atoms with E-state index in [2.05, 4.69) is 5.32 Å². The fourth-order valence-electron chi connectivity index (χ4n) is 3.00. The van der Waals surface area contributed by atoms with Crippen LogP contribution in [0, 0.1) is 12.7 Å². The lowest BCUT2D eigenvalue weighted by Gasteiger charge is -2.38. The largest absolute Gasteiger partial charge is 0.487 e. The van der Waals surface area contributed by atoms with E-state index in [1.165, 1.54) is 12.1 Å².